The molecule has 0 spiro atoms. The van der Waals surface area contributed by atoms with Gasteiger partial charge in [-0.2, -0.15) is 0 Å². The number of hydrogen-bond donors (Lipinski definition) is 1. The van der Waals surface area contributed by atoms with E-state index in [1.165, 1.54) is 31.6 Å². The molecule has 1 unspecified atom stereocenters. The van der Waals surface area contributed by atoms with Gasteiger partial charge in [0, 0.05) is 18.8 Å². The van der Waals surface area contributed by atoms with Crippen molar-refractivity contribution in [3.05, 3.63) is 30.3 Å². The zero-order valence-electron chi connectivity index (χ0n) is 10.3. The molecule has 0 bridgehead atoms. The van der Waals surface area contributed by atoms with E-state index in [9.17, 15) is 0 Å². The molecule has 0 aromatic heterocycles. The summed E-state index contributed by atoms with van der Waals surface area (Å²) in [6.45, 7) is 4.71. The third kappa shape index (κ3) is 2.56. The predicted octanol–water partition coefficient (Wildman–Crippen LogP) is 2.51. The first-order valence-electron chi connectivity index (χ1n) is 6.27. The Balaban J connectivity index is 2.00. The molecule has 16 heavy (non-hydrogen) atoms. The van der Waals surface area contributed by atoms with Crippen molar-refractivity contribution in [2.45, 2.75) is 25.8 Å². The van der Waals surface area contributed by atoms with Crippen LogP contribution in [-0.2, 0) is 0 Å². The van der Waals surface area contributed by atoms with E-state index in [4.69, 9.17) is 0 Å². The van der Waals surface area contributed by atoms with Crippen molar-refractivity contribution in [3.63, 3.8) is 0 Å². The van der Waals surface area contributed by atoms with Crippen LogP contribution in [0.1, 0.15) is 19.8 Å². The van der Waals surface area contributed by atoms with Crippen molar-refractivity contribution >= 4 is 5.69 Å². The number of piperidine rings is 1. The van der Waals surface area contributed by atoms with E-state index in [2.05, 4.69) is 54.5 Å². The fraction of sp³-hybridized carbons (Fsp3) is 0.571. The van der Waals surface area contributed by atoms with Gasteiger partial charge in [-0.1, -0.05) is 18.2 Å². The van der Waals surface area contributed by atoms with E-state index >= 15 is 0 Å². The van der Waals surface area contributed by atoms with Gasteiger partial charge in [-0.3, -0.25) is 0 Å². The van der Waals surface area contributed by atoms with Crippen molar-refractivity contribution in [2.75, 3.05) is 25.0 Å². The second-order valence-corrected chi connectivity index (χ2v) is 4.77. The molecule has 1 saturated heterocycles. The molecule has 1 aliphatic rings. The Labute approximate surface area is 98.7 Å². The molecule has 1 aliphatic heterocycles. The van der Waals surface area contributed by atoms with E-state index in [-0.39, 0.29) is 0 Å². The summed E-state index contributed by atoms with van der Waals surface area (Å²) in [6.07, 6.45) is 2.61. The molecule has 1 fully saturated rings. The summed E-state index contributed by atoms with van der Waals surface area (Å²) in [5.74, 6) is 0.825. The molecule has 0 radical (unpaired) electrons. The lowest BCUT2D eigenvalue weighted by atomic mass is 9.90. The number of benzene rings is 1. The third-order valence-electron chi connectivity index (χ3n) is 3.84. The standard InChI is InChI=1S/C14H22N2/c1-12(13-8-10-15-11-9-13)16(2)14-6-4-3-5-7-14/h3-7,12-13,15H,8-11H2,1-2H3. The van der Waals surface area contributed by atoms with Crippen LogP contribution in [0.2, 0.25) is 0 Å². The van der Waals surface area contributed by atoms with Gasteiger partial charge < -0.3 is 10.2 Å². The number of nitrogens with zero attached hydrogens (tertiary/aromatic N) is 1. The summed E-state index contributed by atoms with van der Waals surface area (Å²) in [7, 11) is 2.21. The summed E-state index contributed by atoms with van der Waals surface area (Å²) in [6, 6.07) is 11.3. The second-order valence-electron chi connectivity index (χ2n) is 4.77. The Morgan fingerprint density at radius 2 is 1.81 bits per heavy atom. The van der Waals surface area contributed by atoms with Gasteiger partial charge in [0.05, 0.1) is 0 Å². The lowest BCUT2D eigenvalue weighted by Gasteiger charge is -2.35. The van der Waals surface area contributed by atoms with E-state index in [0.29, 0.717) is 6.04 Å². The maximum absolute atomic E-state index is 3.43. The molecule has 2 rings (SSSR count). The predicted molar refractivity (Wildman–Crippen MR) is 69.9 cm³/mol. The average molecular weight is 218 g/mol. The topological polar surface area (TPSA) is 15.3 Å². The molecular formula is C14H22N2. The van der Waals surface area contributed by atoms with Gasteiger partial charge in [-0.15, -0.1) is 0 Å². The molecule has 1 heterocycles. The van der Waals surface area contributed by atoms with E-state index < -0.39 is 0 Å². The number of nitrogens with one attached hydrogen (secondary N) is 1. The molecule has 2 heteroatoms. The molecule has 1 N–H and O–H groups in total. The molecule has 0 amide bonds. The highest BCUT2D eigenvalue weighted by atomic mass is 15.1. The Hall–Kier alpha value is -1.02. The van der Waals surface area contributed by atoms with Crippen LogP contribution in [0.4, 0.5) is 5.69 Å². The van der Waals surface area contributed by atoms with Crippen LogP contribution in [0.5, 0.6) is 0 Å². The number of rotatable bonds is 3. The van der Waals surface area contributed by atoms with Crippen molar-refractivity contribution in [1.29, 1.82) is 0 Å². The van der Waals surface area contributed by atoms with E-state index in [0.717, 1.165) is 5.92 Å². The number of anilines is 1. The highest BCUT2D eigenvalue weighted by Crippen LogP contribution is 2.24. The van der Waals surface area contributed by atoms with Crippen molar-refractivity contribution in [2.24, 2.45) is 5.92 Å². The van der Waals surface area contributed by atoms with Crippen LogP contribution in [0, 0.1) is 5.92 Å². The molecule has 2 nitrogen and oxygen atoms in total. The lowest BCUT2D eigenvalue weighted by Crippen LogP contribution is -2.41. The van der Waals surface area contributed by atoms with Gasteiger partial charge >= 0.3 is 0 Å². The SMILES string of the molecule is CC(C1CCNCC1)N(C)c1ccccc1. The highest BCUT2D eigenvalue weighted by Gasteiger charge is 2.22. The molecule has 1 aromatic rings. The second kappa shape index (κ2) is 5.35. The first-order chi connectivity index (χ1) is 7.79. The van der Waals surface area contributed by atoms with Crippen LogP contribution in [-0.4, -0.2) is 26.2 Å². The summed E-state index contributed by atoms with van der Waals surface area (Å²) in [5.41, 5.74) is 1.33. The van der Waals surface area contributed by atoms with Gasteiger partial charge in [0.25, 0.3) is 0 Å². The Morgan fingerprint density at radius 1 is 1.19 bits per heavy atom. The maximum Gasteiger partial charge on any atom is 0.0366 e. The lowest BCUT2D eigenvalue weighted by molar-refractivity contribution is 0.324. The van der Waals surface area contributed by atoms with Crippen LogP contribution in [0.15, 0.2) is 30.3 Å². The summed E-state index contributed by atoms with van der Waals surface area (Å²) >= 11 is 0. The Morgan fingerprint density at radius 3 is 2.44 bits per heavy atom. The molecule has 1 atom stereocenters. The third-order valence-corrected chi connectivity index (χ3v) is 3.84. The van der Waals surface area contributed by atoms with Crippen molar-refractivity contribution < 1.29 is 0 Å². The molecule has 0 saturated carbocycles. The number of para-hydroxylation sites is 1. The fourth-order valence-corrected chi connectivity index (χ4v) is 2.54. The van der Waals surface area contributed by atoms with Gasteiger partial charge in [-0.25, -0.2) is 0 Å². The minimum atomic E-state index is 0.629. The largest absolute Gasteiger partial charge is 0.372 e. The first-order valence-corrected chi connectivity index (χ1v) is 6.27. The van der Waals surface area contributed by atoms with Gasteiger partial charge in [0.2, 0.25) is 0 Å². The Bertz CT molecular complexity index is 304. The van der Waals surface area contributed by atoms with Crippen molar-refractivity contribution in [3.8, 4) is 0 Å². The van der Waals surface area contributed by atoms with Crippen LogP contribution < -0.4 is 10.2 Å². The van der Waals surface area contributed by atoms with Crippen LogP contribution >= 0.6 is 0 Å². The zero-order chi connectivity index (χ0) is 11.4. The average Bonchev–Trinajstić information content (AvgIpc) is 2.39. The number of hydrogen-bond acceptors (Lipinski definition) is 2. The first kappa shape index (κ1) is 11.5. The fourth-order valence-electron chi connectivity index (χ4n) is 2.54. The molecule has 1 aromatic carbocycles. The molecule has 0 aliphatic carbocycles. The molecule has 88 valence electrons. The zero-order valence-corrected chi connectivity index (χ0v) is 10.3. The van der Waals surface area contributed by atoms with Gasteiger partial charge in [-0.05, 0) is 50.9 Å². The van der Waals surface area contributed by atoms with Crippen molar-refractivity contribution in [1.82, 2.24) is 5.32 Å². The minimum absolute atomic E-state index is 0.629. The summed E-state index contributed by atoms with van der Waals surface area (Å²) < 4.78 is 0. The van der Waals surface area contributed by atoms with Gasteiger partial charge in [0.15, 0.2) is 0 Å². The highest BCUT2D eigenvalue weighted by molar-refractivity contribution is 5.46. The smallest absolute Gasteiger partial charge is 0.0366 e. The quantitative estimate of drug-likeness (QED) is 0.838. The van der Waals surface area contributed by atoms with Crippen LogP contribution in [0.25, 0.3) is 0 Å². The van der Waals surface area contributed by atoms with E-state index in [1.807, 2.05) is 0 Å². The summed E-state index contributed by atoms with van der Waals surface area (Å²) in [5, 5.41) is 3.43. The van der Waals surface area contributed by atoms with Gasteiger partial charge in [0.1, 0.15) is 0 Å². The maximum atomic E-state index is 3.43. The normalized spacial score (nSPS) is 19.4. The minimum Gasteiger partial charge on any atom is -0.372 e. The monoisotopic (exact) mass is 218 g/mol. The van der Waals surface area contributed by atoms with E-state index in [1.54, 1.807) is 0 Å². The summed E-state index contributed by atoms with van der Waals surface area (Å²) in [4.78, 5) is 2.41. The molecular weight excluding hydrogens is 196 g/mol. The van der Waals surface area contributed by atoms with Crippen LogP contribution in [0.3, 0.4) is 0 Å². The Kier molecular flexibility index (Phi) is 3.83.